The number of rotatable bonds is 2. The number of hydrogen-bond donors (Lipinski definition) is 1. The lowest BCUT2D eigenvalue weighted by Crippen LogP contribution is -2.33. The van der Waals surface area contributed by atoms with Crippen molar-refractivity contribution in [3.63, 3.8) is 0 Å². The van der Waals surface area contributed by atoms with E-state index < -0.39 is 10.0 Å². The van der Waals surface area contributed by atoms with Crippen molar-refractivity contribution in [3.8, 4) is 0 Å². The lowest BCUT2D eigenvalue weighted by molar-refractivity contribution is 0.439. The predicted molar refractivity (Wildman–Crippen MR) is 61.2 cm³/mol. The maximum absolute atomic E-state index is 12.0. The van der Waals surface area contributed by atoms with Crippen LogP contribution in [0.2, 0.25) is 0 Å². The molecule has 2 N–H and O–H groups in total. The number of thiophene rings is 1. The first-order valence-corrected chi connectivity index (χ1v) is 6.92. The molecule has 1 aliphatic rings. The molecule has 1 aromatic heterocycles. The minimum atomic E-state index is -3.32. The number of hydrogen-bond acceptors (Lipinski definition) is 4. The summed E-state index contributed by atoms with van der Waals surface area (Å²) in [5, 5.41) is 1.65. The summed E-state index contributed by atoms with van der Waals surface area (Å²) in [5.41, 5.74) is 6.02. The molecule has 0 unspecified atom stereocenters. The zero-order valence-electron chi connectivity index (χ0n) is 8.09. The third-order valence-corrected chi connectivity index (χ3v) is 5.51. The summed E-state index contributed by atoms with van der Waals surface area (Å²) < 4.78 is 25.9. The molecule has 2 heterocycles. The molecule has 0 aliphatic carbocycles. The third-order valence-electron chi connectivity index (χ3n) is 2.21. The minimum Gasteiger partial charge on any atom is -0.398 e. The SMILES string of the molecule is Nc1csc(S(=O)(=O)N2CC=CCC2)c1. The van der Waals surface area contributed by atoms with Crippen LogP contribution in [-0.4, -0.2) is 25.8 Å². The largest absolute Gasteiger partial charge is 0.398 e. The van der Waals surface area contributed by atoms with Gasteiger partial charge in [0.25, 0.3) is 10.0 Å². The molecule has 15 heavy (non-hydrogen) atoms. The van der Waals surface area contributed by atoms with Crippen molar-refractivity contribution in [2.75, 3.05) is 18.8 Å². The third kappa shape index (κ3) is 2.06. The van der Waals surface area contributed by atoms with Gasteiger partial charge >= 0.3 is 0 Å². The molecule has 0 aromatic carbocycles. The summed E-state index contributed by atoms with van der Waals surface area (Å²) in [7, 11) is -3.32. The Balaban J connectivity index is 2.30. The van der Waals surface area contributed by atoms with Crippen LogP contribution in [0.4, 0.5) is 5.69 Å². The van der Waals surface area contributed by atoms with Crippen LogP contribution in [0.25, 0.3) is 0 Å². The molecule has 82 valence electrons. The van der Waals surface area contributed by atoms with Gasteiger partial charge in [0, 0.05) is 24.2 Å². The molecule has 4 nitrogen and oxygen atoms in total. The van der Waals surface area contributed by atoms with Crippen molar-refractivity contribution in [2.45, 2.75) is 10.6 Å². The second kappa shape index (κ2) is 3.96. The fourth-order valence-corrected chi connectivity index (χ4v) is 4.07. The van der Waals surface area contributed by atoms with E-state index in [2.05, 4.69) is 0 Å². The molecule has 0 spiro atoms. The fourth-order valence-electron chi connectivity index (χ4n) is 1.43. The summed E-state index contributed by atoms with van der Waals surface area (Å²) in [4.78, 5) is 0. The van der Waals surface area contributed by atoms with Gasteiger partial charge in [-0.1, -0.05) is 12.2 Å². The van der Waals surface area contributed by atoms with Gasteiger partial charge in [0.2, 0.25) is 0 Å². The molecule has 0 radical (unpaired) electrons. The maximum Gasteiger partial charge on any atom is 0.252 e. The highest BCUT2D eigenvalue weighted by atomic mass is 32.2. The van der Waals surface area contributed by atoms with Crippen LogP contribution in [0.1, 0.15) is 6.42 Å². The molecular formula is C9H12N2O2S2. The van der Waals surface area contributed by atoms with E-state index in [0.29, 0.717) is 23.0 Å². The molecule has 0 atom stereocenters. The molecule has 1 aromatic rings. The second-order valence-corrected chi connectivity index (χ2v) is 6.40. The molecule has 0 saturated heterocycles. The zero-order valence-corrected chi connectivity index (χ0v) is 9.72. The Morgan fingerprint density at radius 2 is 2.20 bits per heavy atom. The second-order valence-electron chi connectivity index (χ2n) is 3.32. The van der Waals surface area contributed by atoms with E-state index >= 15 is 0 Å². The van der Waals surface area contributed by atoms with Crippen LogP contribution in [0.15, 0.2) is 27.8 Å². The van der Waals surface area contributed by atoms with Gasteiger partial charge in [0.15, 0.2) is 0 Å². The highest BCUT2D eigenvalue weighted by Gasteiger charge is 2.25. The lowest BCUT2D eigenvalue weighted by Gasteiger charge is -2.21. The average Bonchev–Trinajstić information content (AvgIpc) is 2.67. The Labute approximate surface area is 93.1 Å². The fraction of sp³-hybridized carbons (Fsp3) is 0.333. The van der Waals surface area contributed by atoms with Crippen molar-refractivity contribution in [3.05, 3.63) is 23.6 Å². The highest BCUT2D eigenvalue weighted by Crippen LogP contribution is 2.25. The number of sulfonamides is 1. The molecule has 0 fully saturated rings. The number of nitrogen functional groups attached to an aromatic ring is 1. The Morgan fingerprint density at radius 1 is 1.40 bits per heavy atom. The number of nitrogens with zero attached hydrogens (tertiary/aromatic N) is 1. The van der Waals surface area contributed by atoms with Gasteiger partial charge in [0.1, 0.15) is 4.21 Å². The first-order valence-electron chi connectivity index (χ1n) is 4.60. The van der Waals surface area contributed by atoms with Crippen LogP contribution in [0, 0.1) is 0 Å². The van der Waals surface area contributed by atoms with E-state index in [0.717, 1.165) is 6.42 Å². The van der Waals surface area contributed by atoms with Gasteiger partial charge in [-0.2, -0.15) is 4.31 Å². The summed E-state index contributed by atoms with van der Waals surface area (Å²) in [6.45, 7) is 1.01. The molecule has 0 saturated carbocycles. The van der Waals surface area contributed by atoms with Crippen LogP contribution in [0.3, 0.4) is 0 Å². The normalized spacial score (nSPS) is 18.1. The summed E-state index contributed by atoms with van der Waals surface area (Å²) in [6, 6.07) is 1.51. The molecule has 2 rings (SSSR count). The Hall–Kier alpha value is -0.850. The van der Waals surface area contributed by atoms with Gasteiger partial charge < -0.3 is 5.73 Å². The van der Waals surface area contributed by atoms with Crippen LogP contribution >= 0.6 is 11.3 Å². The molecule has 0 amide bonds. The monoisotopic (exact) mass is 244 g/mol. The van der Waals surface area contributed by atoms with E-state index in [1.165, 1.54) is 21.7 Å². The molecule has 6 heteroatoms. The van der Waals surface area contributed by atoms with Gasteiger partial charge in [-0.3, -0.25) is 0 Å². The first-order chi connectivity index (χ1) is 7.10. The van der Waals surface area contributed by atoms with Crippen LogP contribution < -0.4 is 5.73 Å². The zero-order chi connectivity index (χ0) is 10.9. The predicted octanol–water partition coefficient (Wildman–Crippen LogP) is 1.28. The Morgan fingerprint density at radius 3 is 2.73 bits per heavy atom. The number of nitrogens with two attached hydrogens (primary N) is 1. The van der Waals surface area contributed by atoms with E-state index in [1.807, 2.05) is 12.2 Å². The Kier molecular flexibility index (Phi) is 2.81. The van der Waals surface area contributed by atoms with E-state index in [4.69, 9.17) is 5.73 Å². The topological polar surface area (TPSA) is 63.4 Å². The van der Waals surface area contributed by atoms with E-state index in [1.54, 1.807) is 5.38 Å². The molecule has 0 bridgehead atoms. The number of anilines is 1. The van der Waals surface area contributed by atoms with Crippen molar-refractivity contribution in [2.24, 2.45) is 0 Å². The van der Waals surface area contributed by atoms with Crippen LogP contribution in [0.5, 0.6) is 0 Å². The van der Waals surface area contributed by atoms with Gasteiger partial charge in [0.05, 0.1) is 0 Å². The van der Waals surface area contributed by atoms with Crippen molar-refractivity contribution < 1.29 is 8.42 Å². The van der Waals surface area contributed by atoms with Gasteiger partial charge in [-0.05, 0) is 12.5 Å². The quantitative estimate of drug-likeness (QED) is 0.797. The Bertz CT molecular complexity index is 476. The maximum atomic E-state index is 12.0. The van der Waals surface area contributed by atoms with Crippen molar-refractivity contribution >= 4 is 27.0 Å². The molecule has 1 aliphatic heterocycles. The summed E-state index contributed by atoms with van der Waals surface area (Å²) in [5.74, 6) is 0. The lowest BCUT2D eigenvalue weighted by atomic mass is 10.3. The van der Waals surface area contributed by atoms with Crippen molar-refractivity contribution in [1.29, 1.82) is 0 Å². The van der Waals surface area contributed by atoms with Crippen LogP contribution in [-0.2, 0) is 10.0 Å². The molecular weight excluding hydrogens is 232 g/mol. The smallest absolute Gasteiger partial charge is 0.252 e. The summed E-state index contributed by atoms with van der Waals surface area (Å²) in [6.07, 6.45) is 4.65. The van der Waals surface area contributed by atoms with E-state index in [-0.39, 0.29) is 0 Å². The van der Waals surface area contributed by atoms with Gasteiger partial charge in [-0.25, -0.2) is 8.42 Å². The van der Waals surface area contributed by atoms with Crippen molar-refractivity contribution in [1.82, 2.24) is 4.31 Å². The highest BCUT2D eigenvalue weighted by molar-refractivity contribution is 7.91. The summed E-state index contributed by atoms with van der Waals surface area (Å²) >= 11 is 1.17. The van der Waals surface area contributed by atoms with Gasteiger partial charge in [-0.15, -0.1) is 11.3 Å². The first kappa shape index (κ1) is 10.7. The standard InChI is InChI=1S/C9H12N2O2S2/c10-8-6-9(14-7-8)15(12,13)11-4-2-1-3-5-11/h1-2,6-7H,3-5,10H2. The van der Waals surface area contributed by atoms with E-state index in [9.17, 15) is 8.42 Å². The minimum absolute atomic E-state index is 0.329. The average molecular weight is 244 g/mol.